The average Bonchev–Trinajstić information content (AvgIpc) is 3.00. The van der Waals surface area contributed by atoms with Crippen molar-refractivity contribution >= 4 is 34.8 Å². The van der Waals surface area contributed by atoms with E-state index in [1.807, 2.05) is 26.4 Å². The van der Waals surface area contributed by atoms with Crippen LogP contribution in [-0.4, -0.2) is 55.6 Å². The molecule has 1 atom stereocenters. The molecular weight excluding hydrogens is 508 g/mol. The van der Waals surface area contributed by atoms with E-state index in [-0.39, 0.29) is 0 Å². The van der Waals surface area contributed by atoms with Gasteiger partial charge >= 0.3 is 0 Å². The number of anilines is 3. The third-order valence-electron chi connectivity index (χ3n) is 8.34. The van der Waals surface area contributed by atoms with Crippen LogP contribution in [0.4, 0.5) is 17.2 Å². The van der Waals surface area contributed by atoms with Crippen molar-refractivity contribution in [3.05, 3.63) is 89.2 Å². The van der Waals surface area contributed by atoms with E-state index in [0.717, 1.165) is 97.4 Å². The van der Waals surface area contributed by atoms with Crippen molar-refractivity contribution in [1.82, 2.24) is 15.2 Å². The Bertz CT molecular complexity index is 1390. The van der Waals surface area contributed by atoms with Crippen LogP contribution in [0, 0.1) is 11.3 Å². The number of nitrogens with zero attached hydrogens (tertiary/aromatic N) is 3. The molecule has 2 aliphatic heterocycles. The Kier molecular flexibility index (Phi) is 9.14. The van der Waals surface area contributed by atoms with E-state index >= 15 is 0 Å². The number of pyridine rings is 1. The second kappa shape index (κ2) is 13.1. The summed E-state index contributed by atoms with van der Waals surface area (Å²) in [7, 11) is 4.07. The van der Waals surface area contributed by atoms with Crippen molar-refractivity contribution in [3.63, 3.8) is 0 Å². The molecule has 1 unspecified atom stereocenters. The Balaban J connectivity index is 1.26. The van der Waals surface area contributed by atoms with E-state index in [4.69, 9.17) is 5.41 Å². The van der Waals surface area contributed by atoms with Crippen molar-refractivity contribution in [2.24, 2.45) is 5.92 Å². The van der Waals surface area contributed by atoms with Crippen molar-refractivity contribution < 1.29 is 4.79 Å². The van der Waals surface area contributed by atoms with Crippen LogP contribution in [0.3, 0.4) is 0 Å². The van der Waals surface area contributed by atoms with Gasteiger partial charge in [-0.15, -0.1) is 0 Å². The van der Waals surface area contributed by atoms with E-state index in [0.29, 0.717) is 11.7 Å². The zero-order valence-electron chi connectivity index (χ0n) is 24.5. The van der Waals surface area contributed by atoms with E-state index in [2.05, 4.69) is 80.9 Å². The molecule has 214 valence electrons. The van der Waals surface area contributed by atoms with E-state index in [1.54, 1.807) is 6.20 Å². The van der Waals surface area contributed by atoms with Gasteiger partial charge in [0.25, 0.3) is 0 Å². The lowest BCUT2D eigenvalue weighted by atomic mass is 9.89. The average molecular weight is 551 g/mol. The molecule has 1 aromatic heterocycles. The molecule has 2 aromatic carbocycles. The fourth-order valence-electron chi connectivity index (χ4n) is 5.91. The smallest absolute Gasteiger partial charge is 0.146 e. The van der Waals surface area contributed by atoms with Gasteiger partial charge in [0.15, 0.2) is 0 Å². The lowest BCUT2D eigenvalue weighted by Gasteiger charge is -2.32. The summed E-state index contributed by atoms with van der Waals surface area (Å²) in [6.07, 6.45) is 9.94. The SMILES string of the molecule is CCCC(=N)C1CCN(CCc2ccc(Nc3nccc4c3C(C=O)NC=C4c3cccc(N(C)C)c3)cc2)CC1. The van der Waals surface area contributed by atoms with Crippen LogP contribution in [0.25, 0.3) is 5.57 Å². The number of aldehydes is 1. The molecular formula is C34H42N6O. The highest BCUT2D eigenvalue weighted by molar-refractivity contribution is 5.89. The number of carbonyl (C=O) groups is 1. The number of carbonyl (C=O) groups excluding carboxylic acids is 1. The molecule has 0 saturated carbocycles. The minimum Gasteiger partial charge on any atom is -0.378 e. The Hall–Kier alpha value is -3.97. The molecule has 0 spiro atoms. The second-order valence-corrected chi connectivity index (χ2v) is 11.4. The largest absolute Gasteiger partial charge is 0.378 e. The summed E-state index contributed by atoms with van der Waals surface area (Å²) in [5.74, 6) is 1.17. The van der Waals surface area contributed by atoms with Crippen molar-refractivity contribution in [1.29, 1.82) is 5.41 Å². The quantitative estimate of drug-likeness (QED) is 0.195. The molecule has 2 aliphatic rings. The maximum atomic E-state index is 12.1. The van der Waals surface area contributed by atoms with Gasteiger partial charge in [0.05, 0.1) is 0 Å². The van der Waals surface area contributed by atoms with Gasteiger partial charge in [-0.05, 0) is 91.7 Å². The minimum absolute atomic E-state index is 0.476. The number of aromatic nitrogens is 1. The second-order valence-electron chi connectivity index (χ2n) is 11.4. The van der Waals surface area contributed by atoms with Crippen LogP contribution < -0.4 is 15.5 Å². The van der Waals surface area contributed by atoms with Crippen LogP contribution in [0.1, 0.15) is 60.9 Å². The molecule has 1 saturated heterocycles. The van der Waals surface area contributed by atoms with E-state index in [9.17, 15) is 4.79 Å². The number of fused-ring (bicyclic) bond motifs is 1. The van der Waals surface area contributed by atoms with Gasteiger partial charge < -0.3 is 30.6 Å². The highest BCUT2D eigenvalue weighted by Crippen LogP contribution is 2.37. The number of hydrogen-bond acceptors (Lipinski definition) is 7. The number of rotatable bonds is 11. The Morgan fingerprint density at radius 2 is 1.93 bits per heavy atom. The topological polar surface area (TPSA) is 84.4 Å². The summed E-state index contributed by atoms with van der Waals surface area (Å²) in [5.41, 5.74) is 8.29. The summed E-state index contributed by atoms with van der Waals surface area (Å²) in [6.45, 7) is 5.38. The van der Waals surface area contributed by atoms with Crippen molar-refractivity contribution in [3.8, 4) is 0 Å². The van der Waals surface area contributed by atoms with Gasteiger partial charge in [0.2, 0.25) is 0 Å². The van der Waals surface area contributed by atoms with Gasteiger partial charge in [-0.2, -0.15) is 0 Å². The van der Waals surface area contributed by atoms with Crippen LogP contribution in [0.15, 0.2) is 67.0 Å². The molecule has 0 radical (unpaired) electrons. The molecule has 0 amide bonds. The van der Waals surface area contributed by atoms with Gasteiger partial charge in [0, 0.05) is 61.3 Å². The van der Waals surface area contributed by atoms with Crippen LogP contribution in [-0.2, 0) is 11.2 Å². The Morgan fingerprint density at radius 3 is 2.63 bits per heavy atom. The van der Waals surface area contributed by atoms with Crippen molar-refractivity contribution in [2.75, 3.05) is 43.9 Å². The third kappa shape index (κ3) is 6.68. The number of nitrogens with one attached hydrogen (secondary N) is 3. The first-order valence-electron chi connectivity index (χ1n) is 14.8. The molecule has 1 fully saturated rings. The highest BCUT2D eigenvalue weighted by Gasteiger charge is 2.26. The predicted octanol–water partition coefficient (Wildman–Crippen LogP) is 6.20. The molecule has 41 heavy (non-hydrogen) atoms. The molecule has 3 heterocycles. The summed E-state index contributed by atoms with van der Waals surface area (Å²) in [5, 5.41) is 15.0. The molecule has 3 aromatic rings. The summed E-state index contributed by atoms with van der Waals surface area (Å²) in [4.78, 5) is 21.3. The van der Waals surface area contributed by atoms with Gasteiger partial charge in [-0.1, -0.05) is 37.6 Å². The zero-order chi connectivity index (χ0) is 28.8. The number of likely N-dealkylation sites (tertiary alicyclic amines) is 1. The number of hydrogen-bond donors (Lipinski definition) is 3. The minimum atomic E-state index is -0.476. The molecule has 0 aliphatic carbocycles. The van der Waals surface area contributed by atoms with Crippen LogP contribution in [0.5, 0.6) is 0 Å². The van der Waals surface area contributed by atoms with E-state index < -0.39 is 6.04 Å². The van der Waals surface area contributed by atoms with Crippen molar-refractivity contribution in [2.45, 2.75) is 45.1 Å². The normalized spacial score (nSPS) is 17.2. The standard InChI is InChI=1S/C34H42N6O/c1-4-6-31(35)25-15-19-40(20-16-25)18-14-24-9-11-27(12-10-24)38-34-33-29(13-17-36-34)30(22-37-32(33)23-41)26-7-5-8-28(21-26)39(2)3/h5,7-13,17,21-23,25,32,35,37H,4,6,14-16,18-20H2,1-3H3,(H,36,38). The fraction of sp³-hybridized carbons (Fsp3) is 0.382. The zero-order valence-corrected chi connectivity index (χ0v) is 24.5. The first-order valence-corrected chi connectivity index (χ1v) is 14.8. The lowest BCUT2D eigenvalue weighted by molar-refractivity contribution is -0.109. The molecule has 5 rings (SSSR count). The summed E-state index contributed by atoms with van der Waals surface area (Å²) in [6, 6.07) is 18.5. The lowest BCUT2D eigenvalue weighted by Crippen LogP contribution is -2.37. The number of piperidine rings is 1. The Labute approximate surface area is 244 Å². The summed E-state index contributed by atoms with van der Waals surface area (Å²) < 4.78 is 0. The molecule has 7 heteroatoms. The number of benzene rings is 2. The first-order chi connectivity index (χ1) is 20.0. The highest BCUT2D eigenvalue weighted by atomic mass is 16.1. The molecule has 0 bridgehead atoms. The first kappa shape index (κ1) is 28.6. The maximum Gasteiger partial charge on any atom is 0.146 e. The van der Waals surface area contributed by atoms with Gasteiger partial charge in [-0.25, -0.2) is 4.98 Å². The maximum absolute atomic E-state index is 12.1. The molecule has 7 nitrogen and oxygen atoms in total. The van der Waals surface area contributed by atoms with Crippen LogP contribution in [0.2, 0.25) is 0 Å². The van der Waals surface area contributed by atoms with Gasteiger partial charge in [-0.3, -0.25) is 0 Å². The van der Waals surface area contributed by atoms with Crippen LogP contribution >= 0.6 is 0 Å². The fourth-order valence-corrected chi connectivity index (χ4v) is 5.91. The Morgan fingerprint density at radius 1 is 1.15 bits per heavy atom. The van der Waals surface area contributed by atoms with E-state index in [1.165, 1.54) is 5.56 Å². The monoisotopic (exact) mass is 550 g/mol. The summed E-state index contributed by atoms with van der Waals surface area (Å²) >= 11 is 0. The predicted molar refractivity (Wildman–Crippen MR) is 169 cm³/mol. The third-order valence-corrected chi connectivity index (χ3v) is 8.34. The molecule has 3 N–H and O–H groups in total. The van der Waals surface area contributed by atoms with Gasteiger partial charge in [0.1, 0.15) is 18.1 Å².